The van der Waals surface area contributed by atoms with Crippen LogP contribution >= 0.6 is 11.3 Å². The summed E-state index contributed by atoms with van der Waals surface area (Å²) in [5.41, 5.74) is 8.01. The summed E-state index contributed by atoms with van der Waals surface area (Å²) in [4.78, 5) is 22.1. The number of thiazole rings is 1. The number of rotatable bonds is 4. The second-order valence-electron chi connectivity index (χ2n) is 3.45. The number of hydrogen-bond donors (Lipinski definition) is 2. The first-order valence-corrected chi connectivity index (χ1v) is 5.91. The smallest absolute Gasteiger partial charge is 0.332 e. The third-order valence-corrected chi connectivity index (χ3v) is 2.81. The first-order valence-electron chi connectivity index (χ1n) is 4.97. The van der Waals surface area contributed by atoms with Crippen LogP contribution in [-0.2, 0) is 6.54 Å². The second kappa shape index (κ2) is 4.92. The van der Waals surface area contributed by atoms with Gasteiger partial charge in [-0.2, -0.15) is 4.98 Å². The second-order valence-corrected chi connectivity index (χ2v) is 4.17. The van der Waals surface area contributed by atoms with E-state index in [1.807, 2.05) is 5.38 Å². The van der Waals surface area contributed by atoms with Gasteiger partial charge >= 0.3 is 5.69 Å². The Morgan fingerprint density at radius 2 is 2.33 bits per heavy atom. The number of nitrogen functional groups attached to an aromatic ring is 1. The molecular formula is C9H10N6O2S. The van der Waals surface area contributed by atoms with Gasteiger partial charge in [0, 0.05) is 5.38 Å². The Balaban J connectivity index is 2.28. The van der Waals surface area contributed by atoms with E-state index >= 15 is 0 Å². The zero-order valence-corrected chi connectivity index (χ0v) is 10.3. The quantitative estimate of drug-likeness (QED) is 0.632. The van der Waals surface area contributed by atoms with Crippen molar-refractivity contribution in [2.75, 3.05) is 11.1 Å². The highest BCUT2D eigenvalue weighted by Gasteiger charge is 2.21. The van der Waals surface area contributed by atoms with E-state index in [1.54, 1.807) is 5.51 Å². The Kier molecular flexibility index (Phi) is 3.33. The molecule has 0 aliphatic carbocycles. The molecule has 0 saturated carbocycles. The molecule has 0 aliphatic rings. The van der Waals surface area contributed by atoms with Crippen molar-refractivity contribution in [3.05, 3.63) is 32.4 Å². The number of nitrogens with two attached hydrogens (primary N) is 1. The first kappa shape index (κ1) is 12.2. The van der Waals surface area contributed by atoms with Gasteiger partial charge < -0.3 is 11.1 Å². The van der Waals surface area contributed by atoms with E-state index in [1.165, 1.54) is 18.3 Å². The minimum absolute atomic E-state index is 0.00104. The Labute approximate surface area is 106 Å². The van der Waals surface area contributed by atoms with Crippen LogP contribution in [0.4, 0.5) is 17.5 Å². The van der Waals surface area contributed by atoms with Crippen LogP contribution in [-0.4, -0.2) is 19.9 Å². The number of nitro groups is 1. The fourth-order valence-corrected chi connectivity index (χ4v) is 1.99. The Hall–Kier alpha value is -2.29. The van der Waals surface area contributed by atoms with E-state index in [4.69, 9.17) is 5.73 Å². The van der Waals surface area contributed by atoms with Crippen LogP contribution in [0.5, 0.6) is 0 Å². The molecule has 9 heteroatoms. The maximum Gasteiger partial charge on any atom is 0.332 e. The van der Waals surface area contributed by atoms with Gasteiger partial charge in [-0.1, -0.05) is 0 Å². The summed E-state index contributed by atoms with van der Waals surface area (Å²) in [7, 11) is 0. The molecule has 0 amide bonds. The molecule has 2 heterocycles. The van der Waals surface area contributed by atoms with Crippen molar-refractivity contribution in [2.24, 2.45) is 0 Å². The van der Waals surface area contributed by atoms with Gasteiger partial charge in [-0.3, -0.25) is 10.1 Å². The van der Waals surface area contributed by atoms with Gasteiger partial charge in [-0.25, -0.2) is 9.97 Å². The van der Waals surface area contributed by atoms with Gasteiger partial charge in [0.15, 0.2) is 0 Å². The zero-order chi connectivity index (χ0) is 13.1. The summed E-state index contributed by atoms with van der Waals surface area (Å²) in [5, 5.41) is 15.6. The largest absolute Gasteiger partial charge is 0.368 e. The average Bonchev–Trinajstić information content (AvgIpc) is 2.77. The lowest BCUT2D eigenvalue weighted by molar-refractivity contribution is -0.385. The molecule has 0 spiro atoms. The zero-order valence-electron chi connectivity index (χ0n) is 9.45. The molecule has 2 rings (SSSR count). The molecule has 0 unspecified atom stereocenters. The lowest BCUT2D eigenvalue weighted by atomic mass is 10.3. The van der Waals surface area contributed by atoms with E-state index in [0.717, 1.165) is 5.69 Å². The van der Waals surface area contributed by atoms with Crippen molar-refractivity contribution in [1.82, 2.24) is 15.0 Å². The van der Waals surface area contributed by atoms with E-state index in [2.05, 4.69) is 20.3 Å². The molecule has 3 N–H and O–H groups in total. The van der Waals surface area contributed by atoms with E-state index < -0.39 is 4.92 Å². The van der Waals surface area contributed by atoms with Crippen LogP contribution in [0, 0.1) is 17.0 Å². The third kappa shape index (κ3) is 2.51. The summed E-state index contributed by atoms with van der Waals surface area (Å²) in [6.07, 6.45) is 0. The number of aromatic nitrogens is 3. The molecule has 0 fully saturated rings. The first-order chi connectivity index (χ1) is 8.58. The highest BCUT2D eigenvalue weighted by molar-refractivity contribution is 7.07. The molecule has 0 bridgehead atoms. The molecule has 2 aromatic heterocycles. The summed E-state index contributed by atoms with van der Waals surface area (Å²) < 4.78 is 0. The number of aryl methyl sites for hydroxylation is 1. The molecule has 2 aromatic rings. The minimum atomic E-state index is -0.530. The molecule has 0 aliphatic heterocycles. The van der Waals surface area contributed by atoms with Crippen molar-refractivity contribution in [1.29, 1.82) is 0 Å². The molecule has 0 aromatic carbocycles. The maximum atomic E-state index is 10.9. The van der Waals surface area contributed by atoms with Gasteiger partial charge in [-0.15, -0.1) is 11.3 Å². The normalized spacial score (nSPS) is 10.3. The Bertz CT molecular complexity index is 571. The standard InChI is InChI=1S/C9H10N6O2S/c1-5-7(15(16)17)8(14-9(10)13-5)11-2-6-3-18-4-12-6/h3-4H,2H2,1H3,(H3,10,11,13,14). The van der Waals surface area contributed by atoms with Crippen molar-refractivity contribution >= 4 is 28.8 Å². The summed E-state index contributed by atoms with van der Waals surface area (Å²) in [5.74, 6) is 0.108. The van der Waals surface area contributed by atoms with Crippen molar-refractivity contribution < 1.29 is 4.92 Å². The summed E-state index contributed by atoms with van der Waals surface area (Å²) >= 11 is 1.45. The average molecular weight is 266 g/mol. The predicted molar refractivity (Wildman–Crippen MR) is 67.3 cm³/mol. The molecule has 94 valence electrons. The monoisotopic (exact) mass is 266 g/mol. The van der Waals surface area contributed by atoms with Crippen molar-refractivity contribution in [3.8, 4) is 0 Å². The highest BCUT2D eigenvalue weighted by Crippen LogP contribution is 2.26. The summed E-state index contributed by atoms with van der Waals surface area (Å²) in [6.45, 7) is 1.87. The molecule has 0 saturated heterocycles. The van der Waals surface area contributed by atoms with E-state index in [-0.39, 0.29) is 23.1 Å². The summed E-state index contributed by atoms with van der Waals surface area (Å²) in [6, 6.07) is 0. The van der Waals surface area contributed by atoms with Crippen LogP contribution in [0.1, 0.15) is 11.4 Å². The number of anilines is 2. The molecule has 18 heavy (non-hydrogen) atoms. The number of nitrogens with one attached hydrogen (secondary N) is 1. The van der Waals surface area contributed by atoms with Gasteiger partial charge in [0.25, 0.3) is 0 Å². The lowest BCUT2D eigenvalue weighted by Gasteiger charge is -2.06. The lowest BCUT2D eigenvalue weighted by Crippen LogP contribution is -2.09. The molecule has 8 nitrogen and oxygen atoms in total. The van der Waals surface area contributed by atoms with Crippen LogP contribution in [0.3, 0.4) is 0 Å². The highest BCUT2D eigenvalue weighted by atomic mass is 32.1. The molecule has 0 atom stereocenters. The third-order valence-electron chi connectivity index (χ3n) is 2.18. The predicted octanol–water partition coefficient (Wildman–Crippen LogP) is 1.34. The van der Waals surface area contributed by atoms with Gasteiger partial charge in [0.2, 0.25) is 11.8 Å². The Morgan fingerprint density at radius 1 is 1.56 bits per heavy atom. The molecular weight excluding hydrogens is 256 g/mol. The number of hydrogen-bond acceptors (Lipinski definition) is 8. The van der Waals surface area contributed by atoms with E-state index in [0.29, 0.717) is 6.54 Å². The van der Waals surface area contributed by atoms with E-state index in [9.17, 15) is 10.1 Å². The maximum absolute atomic E-state index is 10.9. The topological polar surface area (TPSA) is 120 Å². The number of nitrogens with zero attached hydrogens (tertiary/aromatic N) is 4. The van der Waals surface area contributed by atoms with Crippen molar-refractivity contribution in [2.45, 2.75) is 13.5 Å². The van der Waals surface area contributed by atoms with Crippen LogP contribution in [0.15, 0.2) is 10.9 Å². The van der Waals surface area contributed by atoms with Gasteiger partial charge in [-0.05, 0) is 6.92 Å². The van der Waals surface area contributed by atoms with Crippen LogP contribution in [0.25, 0.3) is 0 Å². The minimum Gasteiger partial charge on any atom is -0.368 e. The van der Waals surface area contributed by atoms with Crippen LogP contribution in [0.2, 0.25) is 0 Å². The fourth-order valence-electron chi connectivity index (χ4n) is 1.43. The van der Waals surface area contributed by atoms with Crippen molar-refractivity contribution in [3.63, 3.8) is 0 Å². The van der Waals surface area contributed by atoms with Gasteiger partial charge in [0.05, 0.1) is 22.7 Å². The van der Waals surface area contributed by atoms with Gasteiger partial charge in [0.1, 0.15) is 5.69 Å². The molecule has 0 radical (unpaired) electrons. The Morgan fingerprint density at radius 3 is 2.94 bits per heavy atom. The SMILES string of the molecule is Cc1nc(N)nc(NCc2cscn2)c1[N+](=O)[O-]. The fraction of sp³-hybridized carbons (Fsp3) is 0.222. The van der Waals surface area contributed by atoms with Crippen LogP contribution < -0.4 is 11.1 Å².